The van der Waals surface area contributed by atoms with Crippen LogP contribution >= 0.6 is 0 Å². The lowest BCUT2D eigenvalue weighted by atomic mass is 9.81. The first-order chi connectivity index (χ1) is 18.0. The molecule has 0 radical (unpaired) electrons. The molecule has 2 aliphatic heterocycles. The van der Waals surface area contributed by atoms with Gasteiger partial charge in [-0.1, -0.05) is 36.4 Å². The van der Waals surface area contributed by atoms with E-state index in [1.807, 2.05) is 12.1 Å². The summed E-state index contributed by atoms with van der Waals surface area (Å²) in [6.45, 7) is 2.05. The van der Waals surface area contributed by atoms with Crippen molar-refractivity contribution in [3.05, 3.63) is 64.7 Å². The summed E-state index contributed by atoms with van der Waals surface area (Å²) in [5.41, 5.74) is 4.99. The van der Waals surface area contributed by atoms with E-state index in [2.05, 4.69) is 40.5 Å². The zero-order valence-electron chi connectivity index (χ0n) is 21.8. The number of fused-ring (bicyclic) bond motifs is 2. The minimum absolute atomic E-state index is 0.0274. The third kappa shape index (κ3) is 4.88. The van der Waals surface area contributed by atoms with Gasteiger partial charge in [0.1, 0.15) is 5.75 Å². The van der Waals surface area contributed by atoms with Crippen molar-refractivity contribution >= 4 is 11.8 Å². The molecule has 0 aromatic heterocycles. The number of carbonyl (C=O) groups is 2. The molecular weight excluding hydrogens is 464 g/mol. The van der Waals surface area contributed by atoms with E-state index in [-0.39, 0.29) is 29.4 Å². The van der Waals surface area contributed by atoms with Gasteiger partial charge in [-0.15, -0.1) is 0 Å². The summed E-state index contributed by atoms with van der Waals surface area (Å²) in [7, 11) is 1.70. The molecule has 3 atom stereocenters. The third-order valence-electron chi connectivity index (χ3n) is 9.27. The van der Waals surface area contributed by atoms with E-state index in [1.165, 1.54) is 22.3 Å². The smallest absolute Gasteiger partial charge is 0.226 e. The Morgan fingerprint density at radius 3 is 2.49 bits per heavy atom. The average molecular weight is 503 g/mol. The number of hydrogen-bond donors (Lipinski definition) is 1. The molecule has 2 fully saturated rings. The van der Waals surface area contributed by atoms with Crippen molar-refractivity contribution in [2.75, 3.05) is 26.8 Å². The van der Waals surface area contributed by atoms with Crippen LogP contribution in [0, 0.1) is 11.8 Å². The normalized spacial score (nSPS) is 26.3. The molecule has 0 saturated carbocycles. The van der Waals surface area contributed by atoms with Crippen molar-refractivity contribution in [2.45, 2.75) is 69.4 Å². The molecule has 2 aromatic rings. The predicted molar refractivity (Wildman–Crippen MR) is 142 cm³/mol. The molecule has 4 aliphatic rings. The topological polar surface area (TPSA) is 67.9 Å². The maximum absolute atomic E-state index is 13.3. The summed E-state index contributed by atoms with van der Waals surface area (Å²) in [5, 5.41) is 3.30. The molecule has 1 spiro atoms. The van der Waals surface area contributed by atoms with Crippen LogP contribution in [0.3, 0.4) is 0 Å². The minimum Gasteiger partial charge on any atom is -0.496 e. The molecule has 2 saturated heterocycles. The Bertz CT molecular complexity index is 1160. The summed E-state index contributed by atoms with van der Waals surface area (Å²) in [6.07, 6.45) is 7.84. The van der Waals surface area contributed by atoms with E-state index < -0.39 is 0 Å². The third-order valence-corrected chi connectivity index (χ3v) is 9.27. The van der Waals surface area contributed by atoms with E-state index in [9.17, 15) is 9.59 Å². The predicted octanol–water partition coefficient (Wildman–Crippen LogP) is 3.87. The number of nitrogens with one attached hydrogen (secondary N) is 1. The number of rotatable bonds is 4. The molecule has 2 amide bonds. The number of ether oxygens (including phenoxy) is 2. The van der Waals surface area contributed by atoms with E-state index in [4.69, 9.17) is 9.47 Å². The summed E-state index contributed by atoms with van der Waals surface area (Å²) < 4.78 is 11.9. The number of carbonyl (C=O) groups excluding carboxylic acids is 2. The van der Waals surface area contributed by atoms with Gasteiger partial charge in [-0.2, -0.15) is 0 Å². The largest absolute Gasteiger partial charge is 0.496 e. The van der Waals surface area contributed by atoms with Crippen LogP contribution in [0.2, 0.25) is 0 Å². The lowest BCUT2D eigenvalue weighted by Gasteiger charge is -2.40. The highest BCUT2D eigenvalue weighted by Crippen LogP contribution is 2.38. The fourth-order valence-electron chi connectivity index (χ4n) is 7.08. The first kappa shape index (κ1) is 24.5. The lowest BCUT2D eigenvalue weighted by Crippen LogP contribution is -2.49. The molecule has 3 unspecified atom stereocenters. The van der Waals surface area contributed by atoms with Gasteiger partial charge in [-0.3, -0.25) is 9.59 Å². The van der Waals surface area contributed by atoms with Crippen LogP contribution in [-0.4, -0.2) is 55.2 Å². The Kier molecular flexibility index (Phi) is 6.70. The minimum atomic E-state index is -0.212. The van der Waals surface area contributed by atoms with Crippen molar-refractivity contribution < 1.29 is 19.1 Å². The Balaban J connectivity index is 1.00. The fraction of sp³-hybridized carbons (Fsp3) is 0.548. The number of nitrogens with zero attached hydrogens (tertiary/aromatic N) is 1. The van der Waals surface area contributed by atoms with Gasteiger partial charge in [0, 0.05) is 24.9 Å². The van der Waals surface area contributed by atoms with Gasteiger partial charge in [0.2, 0.25) is 11.8 Å². The molecule has 6 nitrogen and oxygen atoms in total. The Labute approximate surface area is 219 Å². The summed E-state index contributed by atoms with van der Waals surface area (Å²) in [6, 6.07) is 14.7. The molecule has 37 heavy (non-hydrogen) atoms. The summed E-state index contributed by atoms with van der Waals surface area (Å²) in [5.74, 6) is 1.39. The summed E-state index contributed by atoms with van der Waals surface area (Å²) in [4.78, 5) is 28.5. The van der Waals surface area contributed by atoms with Crippen molar-refractivity contribution in [1.29, 1.82) is 0 Å². The maximum atomic E-state index is 13.3. The summed E-state index contributed by atoms with van der Waals surface area (Å²) >= 11 is 0. The molecule has 6 heteroatoms. The van der Waals surface area contributed by atoms with Gasteiger partial charge in [-0.25, -0.2) is 0 Å². The zero-order chi connectivity index (χ0) is 25.4. The van der Waals surface area contributed by atoms with Crippen LogP contribution in [0.1, 0.15) is 54.4 Å². The van der Waals surface area contributed by atoms with Gasteiger partial charge in [-0.05, 0) is 86.1 Å². The van der Waals surface area contributed by atoms with Crippen LogP contribution in [0.5, 0.6) is 5.75 Å². The molecule has 1 N–H and O–H groups in total. The van der Waals surface area contributed by atoms with Gasteiger partial charge in [0.05, 0.1) is 25.4 Å². The highest BCUT2D eigenvalue weighted by Gasteiger charge is 2.45. The highest BCUT2D eigenvalue weighted by atomic mass is 16.5. The van der Waals surface area contributed by atoms with Crippen molar-refractivity contribution in [3.8, 4) is 5.75 Å². The monoisotopic (exact) mass is 502 g/mol. The Morgan fingerprint density at radius 1 is 0.946 bits per heavy atom. The first-order valence-electron chi connectivity index (χ1n) is 14.0. The molecule has 196 valence electrons. The molecule has 6 rings (SSSR count). The second kappa shape index (κ2) is 10.1. The molecule has 0 bridgehead atoms. The van der Waals surface area contributed by atoms with Crippen LogP contribution in [0.25, 0.3) is 0 Å². The second-order valence-electron chi connectivity index (χ2n) is 11.5. The molecular formula is C31H38N2O4. The number of hydrogen-bond acceptors (Lipinski definition) is 4. The van der Waals surface area contributed by atoms with Crippen LogP contribution in [-0.2, 0) is 40.0 Å². The number of benzene rings is 2. The Hall–Kier alpha value is -2.86. The maximum Gasteiger partial charge on any atom is 0.226 e. The van der Waals surface area contributed by atoms with Gasteiger partial charge >= 0.3 is 0 Å². The number of methoxy groups -OCH3 is 1. The van der Waals surface area contributed by atoms with E-state index in [1.54, 1.807) is 7.11 Å². The van der Waals surface area contributed by atoms with Crippen LogP contribution < -0.4 is 10.1 Å². The van der Waals surface area contributed by atoms with Crippen molar-refractivity contribution in [3.63, 3.8) is 0 Å². The van der Waals surface area contributed by atoms with E-state index in [0.717, 1.165) is 76.6 Å². The lowest BCUT2D eigenvalue weighted by molar-refractivity contribution is -0.140. The average Bonchev–Trinajstić information content (AvgIpc) is 3.33. The van der Waals surface area contributed by atoms with Gasteiger partial charge in [0.25, 0.3) is 0 Å². The number of aryl methyl sites for hydroxylation is 2. The van der Waals surface area contributed by atoms with Gasteiger partial charge in [0.15, 0.2) is 0 Å². The van der Waals surface area contributed by atoms with Crippen molar-refractivity contribution in [2.24, 2.45) is 11.8 Å². The van der Waals surface area contributed by atoms with E-state index in [0.29, 0.717) is 12.5 Å². The number of piperidine rings is 1. The SMILES string of the molecule is COc1cccc2c1CC(C(=O)NC1COC3(CCN(C(=O)C4CCc5ccccc5C4)CC3)C1)CC2. The molecule has 2 aromatic carbocycles. The fourth-order valence-corrected chi connectivity index (χ4v) is 7.08. The van der Waals surface area contributed by atoms with E-state index >= 15 is 0 Å². The Morgan fingerprint density at radius 2 is 1.68 bits per heavy atom. The second-order valence-corrected chi connectivity index (χ2v) is 11.5. The van der Waals surface area contributed by atoms with Gasteiger partial charge < -0.3 is 19.7 Å². The quantitative estimate of drug-likeness (QED) is 0.689. The standard InChI is InChI=1S/C31H38N2O4/c1-36-28-8-4-7-22-10-11-24(18-27(22)28)29(34)32-26-19-31(37-20-26)13-15-33(16-14-31)30(35)25-12-9-21-5-2-3-6-23(21)17-25/h2-8,24-26H,9-20H2,1H3,(H,32,34). The molecule has 2 heterocycles. The molecule has 2 aliphatic carbocycles. The van der Waals surface area contributed by atoms with Crippen LogP contribution in [0.15, 0.2) is 42.5 Å². The number of likely N-dealkylation sites (tertiary alicyclic amines) is 1. The van der Waals surface area contributed by atoms with Crippen molar-refractivity contribution in [1.82, 2.24) is 10.2 Å². The highest BCUT2D eigenvalue weighted by molar-refractivity contribution is 5.80. The zero-order valence-corrected chi connectivity index (χ0v) is 21.8. The number of amides is 2. The van der Waals surface area contributed by atoms with Crippen LogP contribution in [0.4, 0.5) is 0 Å². The first-order valence-corrected chi connectivity index (χ1v) is 14.0.